The van der Waals surface area contributed by atoms with E-state index in [4.69, 9.17) is 9.47 Å². The number of hydrogen-bond acceptors (Lipinski definition) is 4. The van der Waals surface area contributed by atoms with Gasteiger partial charge in [0.25, 0.3) is 0 Å². The van der Waals surface area contributed by atoms with E-state index in [1.165, 1.54) is 18.6 Å². The molecule has 0 aromatic heterocycles. The molecule has 0 radical (unpaired) electrons. The van der Waals surface area contributed by atoms with Gasteiger partial charge in [-0.3, -0.25) is 0 Å². The maximum absolute atomic E-state index is 5.88. The van der Waals surface area contributed by atoms with Gasteiger partial charge in [-0.15, -0.1) is 0 Å². The second-order valence-electron chi connectivity index (χ2n) is 5.32. The molecule has 0 amide bonds. The van der Waals surface area contributed by atoms with Crippen molar-refractivity contribution in [2.45, 2.75) is 64.8 Å². The molecule has 0 aliphatic carbocycles. The van der Waals surface area contributed by atoms with Crippen LogP contribution in [0.2, 0.25) is 0 Å². The first kappa shape index (κ1) is 15.4. The van der Waals surface area contributed by atoms with E-state index in [1.807, 2.05) is 19.1 Å². The van der Waals surface area contributed by atoms with Crippen molar-refractivity contribution in [3.63, 3.8) is 0 Å². The fraction of sp³-hybridized carbons (Fsp3) is 0.929. The first-order valence-corrected chi connectivity index (χ1v) is 7.06. The monoisotopic (exact) mass is 256 g/mol. The zero-order valence-corrected chi connectivity index (χ0v) is 12.3. The molecule has 1 fully saturated rings. The number of hydrogen-bond donors (Lipinski definition) is 0. The van der Waals surface area contributed by atoms with Crippen LogP contribution in [0.4, 0.5) is 0 Å². The third-order valence-electron chi connectivity index (χ3n) is 3.04. The third-order valence-corrected chi connectivity index (χ3v) is 3.04. The minimum absolute atomic E-state index is 0.0327. The highest BCUT2D eigenvalue weighted by molar-refractivity contribution is 5.81. The summed E-state index contributed by atoms with van der Waals surface area (Å²) in [6, 6.07) is 0. The maximum atomic E-state index is 5.88. The minimum Gasteiger partial charge on any atom is -0.353 e. The average molecular weight is 256 g/mol. The highest BCUT2D eigenvalue weighted by Gasteiger charge is 2.16. The fourth-order valence-electron chi connectivity index (χ4n) is 2.18. The molecule has 1 unspecified atom stereocenters. The molecule has 4 heteroatoms. The molecule has 1 rings (SSSR count). The van der Waals surface area contributed by atoms with Crippen LogP contribution in [0, 0.1) is 0 Å². The van der Waals surface area contributed by atoms with E-state index in [0.717, 1.165) is 32.3 Å². The molecule has 0 spiro atoms. The summed E-state index contributed by atoms with van der Waals surface area (Å²) in [5, 5.41) is 6.23. The molecule has 2 atom stereocenters. The summed E-state index contributed by atoms with van der Waals surface area (Å²) in [6.45, 7) is 5.07. The third kappa shape index (κ3) is 6.97. The number of ether oxygens (including phenoxy) is 2. The molecule has 0 N–H and O–H groups in total. The molecular formula is C14H28N2O2. The molecule has 0 aromatic carbocycles. The van der Waals surface area contributed by atoms with E-state index in [-0.39, 0.29) is 12.4 Å². The van der Waals surface area contributed by atoms with E-state index >= 15 is 0 Å². The summed E-state index contributed by atoms with van der Waals surface area (Å²) in [4.78, 5) is 0. The lowest BCUT2D eigenvalue weighted by molar-refractivity contribution is -0.185. The summed E-state index contributed by atoms with van der Waals surface area (Å²) < 4.78 is 11.5. The molecular weight excluding hydrogens is 228 g/mol. The van der Waals surface area contributed by atoms with Gasteiger partial charge in [0.15, 0.2) is 6.29 Å². The molecule has 1 heterocycles. The molecule has 0 aromatic rings. The van der Waals surface area contributed by atoms with Crippen molar-refractivity contribution in [3.8, 4) is 0 Å². The van der Waals surface area contributed by atoms with Gasteiger partial charge in [0.1, 0.15) is 0 Å². The van der Waals surface area contributed by atoms with Crippen molar-refractivity contribution in [1.29, 1.82) is 0 Å². The molecule has 1 aliphatic heterocycles. The molecule has 18 heavy (non-hydrogen) atoms. The van der Waals surface area contributed by atoms with Crippen molar-refractivity contribution in [1.82, 2.24) is 5.01 Å². The molecule has 0 saturated carbocycles. The predicted octanol–water partition coefficient (Wildman–Crippen LogP) is 3.03. The van der Waals surface area contributed by atoms with Gasteiger partial charge >= 0.3 is 0 Å². The van der Waals surface area contributed by atoms with Crippen LogP contribution in [0.3, 0.4) is 0 Å². The summed E-state index contributed by atoms with van der Waals surface area (Å²) in [7, 11) is 3.91. The number of nitrogens with zero attached hydrogens (tertiary/aromatic N) is 2. The molecule has 0 bridgehead atoms. The van der Waals surface area contributed by atoms with Crippen molar-refractivity contribution in [2.24, 2.45) is 5.10 Å². The van der Waals surface area contributed by atoms with E-state index in [1.54, 1.807) is 0 Å². The standard InChI is InChI=1S/C14H28N2O2/c1-12(15-16(3)4)8-7-9-13(2)18-14-10-5-6-11-17-14/h13-14H,5-11H2,1-4H3/b15-12+/t13-,14?/m1/s1. The quantitative estimate of drug-likeness (QED) is 0.518. The number of rotatable bonds is 7. The lowest BCUT2D eigenvalue weighted by atomic mass is 10.1. The van der Waals surface area contributed by atoms with Crippen molar-refractivity contribution in [3.05, 3.63) is 0 Å². The van der Waals surface area contributed by atoms with Crippen LogP contribution in [-0.2, 0) is 9.47 Å². The SMILES string of the molecule is C/C(CCC[C@@H](C)OC1CCCCO1)=N\N(C)C. The van der Waals surface area contributed by atoms with Crippen molar-refractivity contribution in [2.75, 3.05) is 20.7 Å². The lowest BCUT2D eigenvalue weighted by Gasteiger charge is -2.26. The van der Waals surface area contributed by atoms with Crippen LogP contribution in [0.15, 0.2) is 5.10 Å². The Bertz CT molecular complexity index is 248. The van der Waals surface area contributed by atoms with Crippen molar-refractivity contribution >= 4 is 5.71 Å². The maximum Gasteiger partial charge on any atom is 0.157 e. The van der Waals surface area contributed by atoms with Gasteiger partial charge in [-0.2, -0.15) is 5.10 Å². The highest BCUT2D eigenvalue weighted by Crippen LogP contribution is 2.17. The summed E-state index contributed by atoms with van der Waals surface area (Å²) in [6.07, 6.45) is 6.99. The fourth-order valence-corrected chi connectivity index (χ4v) is 2.18. The second kappa shape index (κ2) is 8.48. The second-order valence-corrected chi connectivity index (χ2v) is 5.32. The Morgan fingerprint density at radius 3 is 2.83 bits per heavy atom. The van der Waals surface area contributed by atoms with Gasteiger partial charge < -0.3 is 14.5 Å². The summed E-state index contributed by atoms with van der Waals surface area (Å²) in [5.74, 6) is 0. The van der Waals surface area contributed by atoms with E-state index in [0.29, 0.717) is 0 Å². The van der Waals surface area contributed by atoms with Gasteiger partial charge in [0.05, 0.1) is 6.10 Å². The van der Waals surface area contributed by atoms with Crippen LogP contribution < -0.4 is 0 Å². The van der Waals surface area contributed by atoms with Gasteiger partial charge in [0.2, 0.25) is 0 Å². The normalized spacial score (nSPS) is 22.9. The zero-order chi connectivity index (χ0) is 13.4. The molecule has 106 valence electrons. The first-order chi connectivity index (χ1) is 8.58. The van der Waals surface area contributed by atoms with Crippen LogP contribution in [-0.4, -0.2) is 43.8 Å². The number of hydrazone groups is 1. The Labute approximate surface area is 111 Å². The molecule has 1 aliphatic rings. The highest BCUT2D eigenvalue weighted by atomic mass is 16.7. The Balaban J connectivity index is 2.11. The average Bonchev–Trinajstić information content (AvgIpc) is 2.29. The summed E-state index contributed by atoms with van der Waals surface area (Å²) in [5.41, 5.74) is 1.18. The van der Waals surface area contributed by atoms with Gasteiger partial charge in [-0.1, -0.05) is 0 Å². The van der Waals surface area contributed by atoms with Gasteiger partial charge in [-0.25, -0.2) is 0 Å². The first-order valence-electron chi connectivity index (χ1n) is 7.06. The van der Waals surface area contributed by atoms with Gasteiger partial charge in [0, 0.05) is 26.4 Å². The molecule has 4 nitrogen and oxygen atoms in total. The van der Waals surface area contributed by atoms with E-state index < -0.39 is 0 Å². The smallest absolute Gasteiger partial charge is 0.157 e. The molecule has 1 saturated heterocycles. The van der Waals surface area contributed by atoms with Crippen LogP contribution >= 0.6 is 0 Å². The Kier molecular flexibility index (Phi) is 7.28. The Morgan fingerprint density at radius 1 is 1.44 bits per heavy atom. The van der Waals surface area contributed by atoms with E-state index in [2.05, 4.69) is 18.9 Å². The minimum atomic E-state index is 0.0327. The Hall–Kier alpha value is -0.610. The van der Waals surface area contributed by atoms with Crippen molar-refractivity contribution < 1.29 is 9.47 Å². The van der Waals surface area contributed by atoms with Crippen LogP contribution in [0.25, 0.3) is 0 Å². The lowest BCUT2D eigenvalue weighted by Crippen LogP contribution is -2.26. The topological polar surface area (TPSA) is 34.1 Å². The summed E-state index contributed by atoms with van der Waals surface area (Å²) >= 11 is 0. The Morgan fingerprint density at radius 2 is 2.22 bits per heavy atom. The van der Waals surface area contributed by atoms with Gasteiger partial charge in [-0.05, 0) is 52.4 Å². The van der Waals surface area contributed by atoms with E-state index in [9.17, 15) is 0 Å². The van der Waals surface area contributed by atoms with Crippen LogP contribution in [0.1, 0.15) is 52.4 Å². The predicted molar refractivity (Wildman–Crippen MR) is 74.8 cm³/mol. The van der Waals surface area contributed by atoms with Crippen LogP contribution in [0.5, 0.6) is 0 Å². The largest absolute Gasteiger partial charge is 0.353 e. The zero-order valence-electron chi connectivity index (χ0n) is 12.3.